The Bertz CT molecular complexity index is 397. The molecule has 0 bridgehead atoms. The molecular formula is C15H23BrFNO2. The first-order valence-electron chi connectivity index (χ1n) is 7.02. The summed E-state index contributed by atoms with van der Waals surface area (Å²) >= 11 is 3.37. The number of ether oxygens (including phenoxy) is 2. The van der Waals surface area contributed by atoms with Crippen LogP contribution < -0.4 is 5.32 Å². The molecule has 1 aromatic carbocycles. The van der Waals surface area contributed by atoms with Gasteiger partial charge in [-0.05, 0) is 50.6 Å². The average molecular weight is 348 g/mol. The Morgan fingerprint density at radius 1 is 1.20 bits per heavy atom. The summed E-state index contributed by atoms with van der Waals surface area (Å²) in [4.78, 5) is 0. The van der Waals surface area contributed by atoms with Crippen molar-refractivity contribution < 1.29 is 13.9 Å². The molecule has 114 valence electrons. The lowest BCUT2D eigenvalue weighted by molar-refractivity contribution is -0.153. The van der Waals surface area contributed by atoms with E-state index in [1.54, 1.807) is 12.1 Å². The number of hydrogen-bond acceptors (Lipinski definition) is 3. The van der Waals surface area contributed by atoms with Gasteiger partial charge in [0, 0.05) is 17.7 Å². The fourth-order valence-corrected chi connectivity index (χ4v) is 2.48. The van der Waals surface area contributed by atoms with Gasteiger partial charge >= 0.3 is 0 Å². The quantitative estimate of drug-likeness (QED) is 0.693. The third-order valence-corrected chi connectivity index (χ3v) is 3.40. The van der Waals surface area contributed by atoms with Crippen LogP contribution in [0.4, 0.5) is 4.39 Å². The SMILES string of the molecule is CCNC(Cc1cc(Br)ccc1F)C(OCC)OCC. The zero-order valence-corrected chi connectivity index (χ0v) is 13.9. The van der Waals surface area contributed by atoms with Crippen molar-refractivity contribution in [1.82, 2.24) is 5.32 Å². The number of likely N-dealkylation sites (N-methyl/N-ethyl adjacent to an activating group) is 1. The summed E-state index contributed by atoms with van der Waals surface area (Å²) in [6.07, 6.45) is 0.146. The first kappa shape index (κ1) is 17.6. The van der Waals surface area contributed by atoms with E-state index in [1.165, 1.54) is 6.07 Å². The minimum atomic E-state index is -0.372. The van der Waals surface area contributed by atoms with Crippen LogP contribution in [0.25, 0.3) is 0 Å². The second-order valence-corrected chi connectivity index (χ2v) is 5.30. The molecule has 0 aliphatic rings. The zero-order chi connectivity index (χ0) is 15.0. The van der Waals surface area contributed by atoms with E-state index in [-0.39, 0.29) is 18.1 Å². The third-order valence-electron chi connectivity index (χ3n) is 2.90. The van der Waals surface area contributed by atoms with Gasteiger partial charge in [-0.3, -0.25) is 0 Å². The van der Waals surface area contributed by atoms with Crippen molar-refractivity contribution in [2.24, 2.45) is 0 Å². The van der Waals surface area contributed by atoms with Crippen molar-refractivity contribution in [3.05, 3.63) is 34.1 Å². The predicted octanol–water partition coefficient (Wildman–Crippen LogP) is 3.51. The Hall–Kier alpha value is -0.490. The van der Waals surface area contributed by atoms with Crippen LogP contribution in [0.3, 0.4) is 0 Å². The molecule has 0 aliphatic heterocycles. The molecule has 0 fully saturated rings. The number of hydrogen-bond donors (Lipinski definition) is 1. The van der Waals surface area contributed by atoms with Crippen molar-refractivity contribution in [2.45, 2.75) is 39.5 Å². The van der Waals surface area contributed by atoms with Crippen LogP contribution in [0.2, 0.25) is 0 Å². The van der Waals surface area contributed by atoms with E-state index in [1.807, 2.05) is 20.8 Å². The molecule has 1 rings (SSSR count). The summed E-state index contributed by atoms with van der Waals surface area (Å²) in [6, 6.07) is 4.89. The first-order chi connectivity index (χ1) is 9.62. The van der Waals surface area contributed by atoms with Crippen LogP contribution in [0.5, 0.6) is 0 Å². The Balaban J connectivity index is 2.86. The van der Waals surface area contributed by atoms with Crippen molar-refractivity contribution >= 4 is 15.9 Å². The molecule has 0 spiro atoms. The maximum absolute atomic E-state index is 13.9. The average Bonchev–Trinajstić information content (AvgIpc) is 2.42. The number of rotatable bonds is 9. The fraction of sp³-hybridized carbons (Fsp3) is 0.600. The molecule has 0 heterocycles. The Labute approximate surface area is 129 Å². The molecule has 0 radical (unpaired) electrons. The lowest BCUT2D eigenvalue weighted by Gasteiger charge is -2.27. The van der Waals surface area contributed by atoms with Crippen molar-refractivity contribution in [2.75, 3.05) is 19.8 Å². The molecule has 1 aromatic rings. The van der Waals surface area contributed by atoms with E-state index in [0.717, 1.165) is 11.0 Å². The second kappa shape index (κ2) is 9.45. The van der Waals surface area contributed by atoms with Gasteiger partial charge in [-0.1, -0.05) is 22.9 Å². The first-order valence-corrected chi connectivity index (χ1v) is 7.82. The molecular weight excluding hydrogens is 325 g/mol. The van der Waals surface area contributed by atoms with Gasteiger partial charge < -0.3 is 14.8 Å². The fourth-order valence-electron chi connectivity index (χ4n) is 2.07. The van der Waals surface area contributed by atoms with Gasteiger partial charge in [-0.15, -0.1) is 0 Å². The van der Waals surface area contributed by atoms with Gasteiger partial charge in [0.2, 0.25) is 0 Å². The monoisotopic (exact) mass is 347 g/mol. The van der Waals surface area contributed by atoms with E-state index in [4.69, 9.17) is 9.47 Å². The standard InChI is InChI=1S/C15H23BrFNO2/c1-4-18-14(15(19-5-2)20-6-3)10-11-9-12(16)7-8-13(11)17/h7-9,14-15,18H,4-6,10H2,1-3H3. The summed E-state index contributed by atoms with van der Waals surface area (Å²) in [5.41, 5.74) is 0.648. The van der Waals surface area contributed by atoms with Gasteiger partial charge in [0.15, 0.2) is 6.29 Å². The van der Waals surface area contributed by atoms with Crippen molar-refractivity contribution in [1.29, 1.82) is 0 Å². The maximum atomic E-state index is 13.9. The third kappa shape index (κ3) is 5.48. The lowest BCUT2D eigenvalue weighted by Crippen LogP contribution is -2.44. The van der Waals surface area contributed by atoms with Crippen LogP contribution in [0.1, 0.15) is 26.3 Å². The number of halogens is 2. The van der Waals surface area contributed by atoms with Crippen LogP contribution >= 0.6 is 15.9 Å². The van der Waals surface area contributed by atoms with E-state index in [0.29, 0.717) is 25.2 Å². The van der Waals surface area contributed by atoms with Gasteiger partial charge in [0.25, 0.3) is 0 Å². The van der Waals surface area contributed by atoms with Gasteiger partial charge in [-0.2, -0.15) is 0 Å². The minimum absolute atomic E-state index is 0.0799. The lowest BCUT2D eigenvalue weighted by atomic mass is 10.0. The minimum Gasteiger partial charge on any atom is -0.351 e. The number of benzene rings is 1. The molecule has 1 N–H and O–H groups in total. The number of nitrogens with one attached hydrogen (secondary N) is 1. The van der Waals surface area contributed by atoms with Crippen LogP contribution in [0.15, 0.2) is 22.7 Å². The van der Waals surface area contributed by atoms with Crippen LogP contribution in [0, 0.1) is 5.82 Å². The van der Waals surface area contributed by atoms with E-state index in [9.17, 15) is 4.39 Å². The molecule has 1 atom stereocenters. The molecule has 5 heteroatoms. The highest BCUT2D eigenvalue weighted by Crippen LogP contribution is 2.18. The summed E-state index contributed by atoms with van der Waals surface area (Å²) in [6.45, 7) is 7.76. The zero-order valence-electron chi connectivity index (χ0n) is 12.3. The highest BCUT2D eigenvalue weighted by Gasteiger charge is 2.23. The maximum Gasteiger partial charge on any atom is 0.172 e. The van der Waals surface area contributed by atoms with Gasteiger partial charge in [0.05, 0.1) is 6.04 Å². The largest absolute Gasteiger partial charge is 0.351 e. The summed E-state index contributed by atoms with van der Waals surface area (Å²) in [5.74, 6) is -0.206. The molecule has 1 unspecified atom stereocenters. The normalized spacial score (nSPS) is 12.9. The highest BCUT2D eigenvalue weighted by molar-refractivity contribution is 9.10. The molecule has 0 aromatic heterocycles. The van der Waals surface area contributed by atoms with E-state index in [2.05, 4.69) is 21.2 Å². The summed E-state index contributed by atoms with van der Waals surface area (Å²) in [5, 5.41) is 3.32. The van der Waals surface area contributed by atoms with E-state index >= 15 is 0 Å². The highest BCUT2D eigenvalue weighted by atomic mass is 79.9. The molecule has 0 saturated heterocycles. The summed E-state index contributed by atoms with van der Waals surface area (Å²) in [7, 11) is 0. The second-order valence-electron chi connectivity index (χ2n) is 4.38. The molecule has 0 saturated carbocycles. The van der Waals surface area contributed by atoms with Crippen LogP contribution in [-0.2, 0) is 15.9 Å². The topological polar surface area (TPSA) is 30.5 Å². The van der Waals surface area contributed by atoms with Gasteiger partial charge in [-0.25, -0.2) is 4.39 Å². The van der Waals surface area contributed by atoms with Crippen LogP contribution in [-0.4, -0.2) is 32.1 Å². The van der Waals surface area contributed by atoms with E-state index < -0.39 is 0 Å². The van der Waals surface area contributed by atoms with Crippen molar-refractivity contribution in [3.8, 4) is 0 Å². The van der Waals surface area contributed by atoms with Crippen molar-refractivity contribution in [3.63, 3.8) is 0 Å². The van der Waals surface area contributed by atoms with Gasteiger partial charge in [0.1, 0.15) is 5.82 Å². The molecule has 0 amide bonds. The smallest absolute Gasteiger partial charge is 0.172 e. The Kier molecular flexibility index (Phi) is 8.30. The molecule has 3 nitrogen and oxygen atoms in total. The Morgan fingerprint density at radius 3 is 2.40 bits per heavy atom. The molecule has 0 aliphatic carbocycles. The predicted molar refractivity (Wildman–Crippen MR) is 82.3 cm³/mol. The molecule has 20 heavy (non-hydrogen) atoms. The summed E-state index contributed by atoms with van der Waals surface area (Å²) < 4.78 is 26.0. The Morgan fingerprint density at radius 2 is 1.85 bits per heavy atom.